The number of nitrogens with zero attached hydrogens (tertiary/aromatic N) is 3. The van der Waals surface area contributed by atoms with Gasteiger partial charge in [-0.25, -0.2) is 0 Å². The quantitative estimate of drug-likeness (QED) is 0.838. The van der Waals surface area contributed by atoms with E-state index >= 15 is 0 Å². The minimum atomic E-state index is -0.340. The summed E-state index contributed by atoms with van der Waals surface area (Å²) in [6.45, 7) is 1.77. The van der Waals surface area contributed by atoms with Crippen molar-refractivity contribution >= 4 is 39.8 Å². The third kappa shape index (κ3) is 3.69. The van der Waals surface area contributed by atoms with Gasteiger partial charge in [-0.1, -0.05) is 29.2 Å². The molecule has 0 radical (unpaired) electrons. The molecule has 2 rings (SSSR count). The van der Waals surface area contributed by atoms with E-state index in [4.69, 9.17) is 11.0 Å². The Morgan fingerprint density at radius 1 is 1.55 bits per heavy atom. The molecule has 0 spiro atoms. The Labute approximate surface area is 124 Å². The molecule has 0 saturated heterocycles. The zero-order chi connectivity index (χ0) is 14.5. The van der Waals surface area contributed by atoms with Gasteiger partial charge in [0.2, 0.25) is 11.0 Å². The number of hydrogen-bond acceptors (Lipinski definition) is 7. The molecule has 8 heteroatoms. The fraction of sp³-hybridized carbons (Fsp3) is 0.167. The summed E-state index contributed by atoms with van der Waals surface area (Å²) in [6, 6.07) is 8.78. The first kappa shape index (κ1) is 14.3. The van der Waals surface area contributed by atoms with Crippen LogP contribution >= 0.6 is 23.1 Å². The summed E-state index contributed by atoms with van der Waals surface area (Å²) in [6.07, 6.45) is 0. The van der Waals surface area contributed by atoms with Crippen molar-refractivity contribution in [1.82, 2.24) is 10.2 Å². The molecule has 1 amide bonds. The van der Waals surface area contributed by atoms with Gasteiger partial charge >= 0.3 is 0 Å². The first-order chi connectivity index (χ1) is 9.58. The Hall–Kier alpha value is -2.11. The van der Waals surface area contributed by atoms with Gasteiger partial charge in [0.1, 0.15) is 0 Å². The maximum absolute atomic E-state index is 12.0. The summed E-state index contributed by atoms with van der Waals surface area (Å²) in [7, 11) is 0. The number of amides is 1. The number of anilines is 2. The van der Waals surface area contributed by atoms with Gasteiger partial charge in [-0.2, -0.15) is 5.26 Å². The molecule has 2 aromatic rings. The van der Waals surface area contributed by atoms with Gasteiger partial charge in [0.15, 0.2) is 4.34 Å². The van der Waals surface area contributed by atoms with Crippen LogP contribution in [0.3, 0.4) is 0 Å². The van der Waals surface area contributed by atoms with Gasteiger partial charge in [-0.15, -0.1) is 10.2 Å². The number of carbonyl (C=O) groups is 1. The highest BCUT2D eigenvalue weighted by Crippen LogP contribution is 2.28. The number of aromatic nitrogens is 2. The number of carbonyl (C=O) groups excluding carboxylic acids is 1. The Balaban J connectivity index is 1.98. The van der Waals surface area contributed by atoms with Crippen LogP contribution in [0.5, 0.6) is 0 Å². The van der Waals surface area contributed by atoms with Crippen LogP contribution < -0.4 is 11.1 Å². The van der Waals surface area contributed by atoms with Crippen molar-refractivity contribution in [2.75, 3.05) is 11.1 Å². The van der Waals surface area contributed by atoms with Gasteiger partial charge in [0, 0.05) is 5.69 Å². The molecule has 0 bridgehead atoms. The number of nitrogens with one attached hydrogen (secondary N) is 1. The van der Waals surface area contributed by atoms with Crippen molar-refractivity contribution < 1.29 is 4.79 Å². The van der Waals surface area contributed by atoms with E-state index in [-0.39, 0.29) is 11.2 Å². The Morgan fingerprint density at radius 3 is 3.00 bits per heavy atom. The third-order valence-electron chi connectivity index (χ3n) is 2.33. The normalized spacial score (nSPS) is 11.6. The van der Waals surface area contributed by atoms with Crippen LogP contribution in [0.4, 0.5) is 10.8 Å². The summed E-state index contributed by atoms with van der Waals surface area (Å²) in [4.78, 5) is 12.0. The number of rotatable bonds is 4. The molecule has 1 aromatic carbocycles. The molecule has 6 nitrogen and oxygen atoms in total. The monoisotopic (exact) mass is 305 g/mol. The maximum atomic E-state index is 12.0. The van der Waals surface area contributed by atoms with Gasteiger partial charge in [-0.3, -0.25) is 4.79 Å². The lowest BCUT2D eigenvalue weighted by Gasteiger charge is -2.10. The average molecular weight is 305 g/mol. The minimum absolute atomic E-state index is 0.168. The smallest absolute Gasteiger partial charge is 0.237 e. The van der Waals surface area contributed by atoms with E-state index in [2.05, 4.69) is 15.5 Å². The first-order valence-corrected chi connectivity index (χ1v) is 7.35. The van der Waals surface area contributed by atoms with Gasteiger partial charge in [-0.05, 0) is 25.1 Å². The molecule has 0 fully saturated rings. The molecular formula is C12H11N5OS2. The highest BCUT2D eigenvalue weighted by molar-refractivity contribution is 8.02. The number of nitrogens with two attached hydrogens (primary N) is 1. The number of nitrogen functional groups attached to an aromatic ring is 1. The molecule has 1 aromatic heterocycles. The van der Waals surface area contributed by atoms with Crippen LogP contribution in [0.15, 0.2) is 28.6 Å². The number of nitriles is 1. The summed E-state index contributed by atoms with van der Waals surface area (Å²) in [5.41, 5.74) is 6.58. The van der Waals surface area contributed by atoms with Crippen molar-refractivity contribution in [1.29, 1.82) is 5.26 Å². The van der Waals surface area contributed by atoms with Crippen molar-refractivity contribution in [3.05, 3.63) is 29.8 Å². The second-order valence-electron chi connectivity index (χ2n) is 3.85. The maximum Gasteiger partial charge on any atom is 0.237 e. The molecule has 1 atom stereocenters. The van der Waals surface area contributed by atoms with Crippen LogP contribution in [-0.2, 0) is 4.79 Å². The molecule has 3 N–H and O–H groups in total. The SMILES string of the molecule is C[C@H](Sc1nnc(N)s1)C(=O)Nc1cccc(C#N)c1. The number of thioether (sulfide) groups is 1. The highest BCUT2D eigenvalue weighted by Gasteiger charge is 2.17. The van der Waals surface area contributed by atoms with E-state index in [0.717, 1.165) is 0 Å². The summed E-state index contributed by atoms with van der Waals surface area (Å²) in [5, 5.41) is 19.2. The van der Waals surface area contributed by atoms with Gasteiger partial charge < -0.3 is 11.1 Å². The van der Waals surface area contributed by atoms with Crippen LogP contribution in [0, 0.1) is 11.3 Å². The fourth-order valence-corrected chi connectivity index (χ4v) is 3.16. The van der Waals surface area contributed by atoms with Crippen LogP contribution in [0.25, 0.3) is 0 Å². The van der Waals surface area contributed by atoms with Gasteiger partial charge in [0.25, 0.3) is 0 Å². The Bertz CT molecular complexity index is 664. The molecule has 0 aliphatic carbocycles. The van der Waals surface area contributed by atoms with Crippen molar-refractivity contribution in [2.45, 2.75) is 16.5 Å². The summed E-state index contributed by atoms with van der Waals surface area (Å²) < 4.78 is 0.649. The lowest BCUT2D eigenvalue weighted by Crippen LogP contribution is -2.22. The van der Waals surface area contributed by atoms with Crippen molar-refractivity contribution in [2.24, 2.45) is 0 Å². The van der Waals surface area contributed by atoms with Crippen molar-refractivity contribution in [3.8, 4) is 6.07 Å². The van der Waals surface area contributed by atoms with Gasteiger partial charge in [0.05, 0.1) is 16.9 Å². The molecule has 1 heterocycles. The number of hydrogen-bond donors (Lipinski definition) is 2. The standard InChI is InChI=1S/C12H11N5OS2/c1-7(19-12-17-16-11(14)20-12)10(18)15-9-4-2-3-8(5-9)6-13/h2-5,7H,1H3,(H2,14,16)(H,15,18)/t7-/m0/s1. The Morgan fingerprint density at radius 2 is 2.35 bits per heavy atom. The van der Waals surface area contributed by atoms with Crippen LogP contribution in [0.1, 0.15) is 12.5 Å². The summed E-state index contributed by atoms with van der Waals surface area (Å²) >= 11 is 2.53. The van der Waals surface area contributed by atoms with Crippen molar-refractivity contribution in [3.63, 3.8) is 0 Å². The van der Waals surface area contributed by atoms with E-state index in [1.54, 1.807) is 31.2 Å². The predicted molar refractivity (Wildman–Crippen MR) is 79.4 cm³/mol. The molecular weight excluding hydrogens is 294 g/mol. The van der Waals surface area contributed by atoms with E-state index in [9.17, 15) is 4.79 Å². The Kier molecular flexibility index (Phi) is 4.55. The molecule has 0 aliphatic rings. The zero-order valence-electron chi connectivity index (χ0n) is 10.5. The first-order valence-electron chi connectivity index (χ1n) is 5.65. The third-order valence-corrected chi connectivity index (χ3v) is 4.26. The van der Waals surface area contributed by atoms with Crippen LogP contribution in [0.2, 0.25) is 0 Å². The largest absolute Gasteiger partial charge is 0.374 e. The minimum Gasteiger partial charge on any atom is -0.374 e. The second-order valence-corrected chi connectivity index (χ2v) is 6.45. The van der Waals surface area contributed by atoms with E-state index in [1.165, 1.54) is 23.1 Å². The molecule has 20 heavy (non-hydrogen) atoms. The second kappa shape index (κ2) is 6.36. The molecule has 0 aliphatic heterocycles. The highest BCUT2D eigenvalue weighted by atomic mass is 32.2. The average Bonchev–Trinajstić information content (AvgIpc) is 2.84. The fourth-order valence-electron chi connectivity index (χ4n) is 1.38. The van der Waals surface area contributed by atoms with Crippen LogP contribution in [-0.4, -0.2) is 21.4 Å². The number of benzene rings is 1. The lowest BCUT2D eigenvalue weighted by molar-refractivity contribution is -0.115. The van der Waals surface area contributed by atoms with E-state index in [1.807, 2.05) is 6.07 Å². The van der Waals surface area contributed by atoms with E-state index < -0.39 is 0 Å². The lowest BCUT2D eigenvalue weighted by atomic mass is 10.2. The van der Waals surface area contributed by atoms with E-state index in [0.29, 0.717) is 20.7 Å². The molecule has 102 valence electrons. The molecule has 0 unspecified atom stereocenters. The zero-order valence-corrected chi connectivity index (χ0v) is 12.2. The topological polar surface area (TPSA) is 105 Å². The predicted octanol–water partition coefficient (Wildman–Crippen LogP) is 2.11. The molecule has 0 saturated carbocycles. The summed E-state index contributed by atoms with van der Waals surface area (Å²) in [5.74, 6) is -0.168.